The molecule has 0 saturated heterocycles. The van der Waals surface area contributed by atoms with Crippen LogP contribution < -0.4 is 10.7 Å². The number of allylic oxidation sites excluding steroid dienone is 1. The predicted molar refractivity (Wildman–Crippen MR) is 152 cm³/mol. The lowest BCUT2D eigenvalue weighted by molar-refractivity contribution is -0.139. The molecule has 3 aliphatic rings. The van der Waals surface area contributed by atoms with Crippen molar-refractivity contribution < 1.29 is 17.6 Å². The number of nitrogens with zero attached hydrogens (tertiary/aromatic N) is 3. The standard InChI is InChI=1S/C33H38F4N4/c1-21-18-27-26(10-5-16-38-31(27)39-21)23-8-4-9-24(12-11-23)32-40-30(20-41(32)17-15-22-6-2-3-7-22)25-13-14-29(34)28(19-25)33(35,36)37/h5,13-14,16,18-20,22-24H,2-4,6-12,15,17H2,1H3,(H,38,39). The second kappa shape index (κ2) is 11.6. The highest BCUT2D eigenvalue weighted by Gasteiger charge is 2.35. The summed E-state index contributed by atoms with van der Waals surface area (Å²) < 4.78 is 56.7. The summed E-state index contributed by atoms with van der Waals surface area (Å²) in [7, 11) is 0. The Balaban J connectivity index is 1.29. The first-order chi connectivity index (χ1) is 19.8. The number of alkyl halides is 3. The molecular formula is C33H38F4N4. The Hall–Kier alpha value is -3.16. The van der Waals surface area contributed by atoms with Gasteiger partial charge in [-0.3, -0.25) is 0 Å². The summed E-state index contributed by atoms with van der Waals surface area (Å²) in [6, 6.07) is 5.44. The van der Waals surface area contributed by atoms with Crippen LogP contribution in [-0.4, -0.2) is 14.5 Å². The van der Waals surface area contributed by atoms with E-state index in [4.69, 9.17) is 4.98 Å². The lowest BCUT2D eigenvalue weighted by atomic mass is 9.88. The Morgan fingerprint density at radius 3 is 2.56 bits per heavy atom. The molecule has 2 aliphatic carbocycles. The van der Waals surface area contributed by atoms with Crippen LogP contribution in [0.15, 0.2) is 47.7 Å². The Bertz CT molecular complexity index is 1540. The molecule has 3 aromatic rings. The van der Waals surface area contributed by atoms with E-state index in [1.54, 1.807) is 0 Å². The van der Waals surface area contributed by atoms with Crippen LogP contribution in [0, 0.1) is 24.6 Å². The van der Waals surface area contributed by atoms with Crippen molar-refractivity contribution in [2.45, 2.75) is 96.2 Å². The quantitative estimate of drug-likeness (QED) is 0.239. The zero-order valence-electron chi connectivity index (χ0n) is 23.6. The Labute approximate surface area is 238 Å². The van der Waals surface area contributed by atoms with Gasteiger partial charge in [0, 0.05) is 41.3 Å². The van der Waals surface area contributed by atoms with Gasteiger partial charge in [-0.05, 0) is 81.5 Å². The lowest BCUT2D eigenvalue weighted by Gasteiger charge is -2.19. The van der Waals surface area contributed by atoms with Crippen LogP contribution in [0.25, 0.3) is 16.8 Å². The average molecular weight is 567 g/mol. The summed E-state index contributed by atoms with van der Waals surface area (Å²) in [4.78, 5) is 13.0. The minimum atomic E-state index is -4.75. The monoisotopic (exact) mass is 566 g/mol. The van der Waals surface area contributed by atoms with Gasteiger partial charge in [-0.1, -0.05) is 43.8 Å². The molecule has 41 heavy (non-hydrogen) atoms. The van der Waals surface area contributed by atoms with Crippen molar-refractivity contribution >= 4 is 5.57 Å². The summed E-state index contributed by atoms with van der Waals surface area (Å²) in [5.74, 6) is 1.10. The second-order valence-electron chi connectivity index (χ2n) is 12.2. The Morgan fingerprint density at radius 1 is 0.976 bits per heavy atom. The van der Waals surface area contributed by atoms with Gasteiger partial charge in [0.1, 0.15) is 17.1 Å². The minimum absolute atomic E-state index is 0.235. The van der Waals surface area contributed by atoms with E-state index in [-0.39, 0.29) is 5.92 Å². The molecule has 2 saturated carbocycles. The molecule has 8 heteroatoms. The minimum Gasteiger partial charge on any atom is -0.344 e. The van der Waals surface area contributed by atoms with Gasteiger partial charge in [-0.25, -0.2) is 14.4 Å². The summed E-state index contributed by atoms with van der Waals surface area (Å²) >= 11 is 0. The number of halogens is 4. The topological polar surface area (TPSA) is 46.0 Å². The molecule has 2 fully saturated rings. The fourth-order valence-corrected chi connectivity index (χ4v) is 7.23. The number of H-pyrrole nitrogens is 1. The van der Waals surface area contributed by atoms with E-state index in [9.17, 15) is 17.6 Å². The number of aryl methyl sites for hydroxylation is 2. The second-order valence-corrected chi connectivity index (χ2v) is 12.2. The van der Waals surface area contributed by atoms with Gasteiger partial charge < -0.3 is 9.55 Å². The van der Waals surface area contributed by atoms with Crippen molar-refractivity contribution in [3.05, 3.63) is 76.3 Å². The van der Waals surface area contributed by atoms with Gasteiger partial charge in [0.25, 0.3) is 0 Å². The number of aromatic amines is 1. The maximum atomic E-state index is 14.0. The Kier molecular flexibility index (Phi) is 7.92. The van der Waals surface area contributed by atoms with E-state index in [1.165, 1.54) is 42.5 Å². The van der Waals surface area contributed by atoms with Gasteiger partial charge >= 0.3 is 6.18 Å². The molecule has 0 spiro atoms. The molecule has 2 aromatic heterocycles. The number of aromatic nitrogens is 3. The zero-order valence-corrected chi connectivity index (χ0v) is 23.6. The van der Waals surface area contributed by atoms with E-state index < -0.39 is 17.6 Å². The van der Waals surface area contributed by atoms with Gasteiger partial charge in [0.2, 0.25) is 0 Å². The van der Waals surface area contributed by atoms with E-state index in [2.05, 4.69) is 33.6 Å². The number of nitrogens with one attached hydrogen (secondary N) is 1. The SMILES string of the molecule is Cc1cc2c([nH]1)=NC=CCC=2C1CCCC(c2nc(-c3ccc(F)c(C(F)(F)F)c3)cn2CCC2CCCC2)CC1. The van der Waals surface area contributed by atoms with Gasteiger partial charge in [0.05, 0.1) is 11.3 Å². The Morgan fingerprint density at radius 2 is 1.76 bits per heavy atom. The molecular weight excluding hydrogens is 528 g/mol. The summed E-state index contributed by atoms with van der Waals surface area (Å²) in [5.41, 5.74) is 3.07. The summed E-state index contributed by atoms with van der Waals surface area (Å²) in [6.45, 7) is 2.88. The van der Waals surface area contributed by atoms with Crippen LogP contribution in [0.1, 0.15) is 93.6 Å². The zero-order chi connectivity index (χ0) is 28.6. The fraction of sp³-hybridized carbons (Fsp3) is 0.515. The van der Waals surface area contributed by atoms with Gasteiger partial charge in [-0.2, -0.15) is 13.2 Å². The number of fused-ring (bicyclic) bond motifs is 1. The first-order valence-corrected chi connectivity index (χ1v) is 15.1. The maximum Gasteiger partial charge on any atom is 0.419 e. The predicted octanol–water partition coefficient (Wildman–Crippen LogP) is 7.98. The van der Waals surface area contributed by atoms with E-state index in [0.29, 0.717) is 23.1 Å². The fourth-order valence-electron chi connectivity index (χ4n) is 7.23. The lowest BCUT2D eigenvalue weighted by Crippen LogP contribution is -2.27. The average Bonchev–Trinajstić information content (AvgIpc) is 3.61. The van der Waals surface area contributed by atoms with Crippen LogP contribution in [-0.2, 0) is 12.7 Å². The third-order valence-corrected chi connectivity index (χ3v) is 9.38. The van der Waals surface area contributed by atoms with Crippen LogP contribution >= 0.6 is 0 Å². The number of hydrogen-bond donors (Lipinski definition) is 1. The largest absolute Gasteiger partial charge is 0.419 e. The number of hydrogen-bond acceptors (Lipinski definition) is 2. The highest BCUT2D eigenvalue weighted by atomic mass is 19.4. The third-order valence-electron chi connectivity index (χ3n) is 9.38. The number of benzene rings is 1. The number of rotatable bonds is 6. The van der Waals surface area contributed by atoms with Crippen molar-refractivity contribution in [3.8, 4) is 11.3 Å². The van der Waals surface area contributed by atoms with Crippen molar-refractivity contribution in [2.75, 3.05) is 0 Å². The van der Waals surface area contributed by atoms with Crippen LogP contribution in [0.2, 0.25) is 0 Å². The van der Waals surface area contributed by atoms with E-state index >= 15 is 0 Å². The van der Waals surface area contributed by atoms with Crippen LogP contribution in [0.5, 0.6) is 0 Å². The molecule has 0 radical (unpaired) electrons. The van der Waals surface area contributed by atoms with Crippen LogP contribution in [0.4, 0.5) is 17.6 Å². The molecule has 1 aromatic carbocycles. The molecule has 4 nitrogen and oxygen atoms in total. The highest BCUT2D eigenvalue weighted by Crippen LogP contribution is 2.40. The summed E-state index contributed by atoms with van der Waals surface area (Å²) in [5, 5.41) is 1.23. The normalized spacial score (nSPS) is 21.9. The molecule has 2 unspecified atom stereocenters. The summed E-state index contributed by atoms with van der Waals surface area (Å²) in [6.07, 6.45) is 13.4. The smallest absolute Gasteiger partial charge is 0.344 e. The molecule has 1 aliphatic heterocycles. The third kappa shape index (κ3) is 6.07. The first kappa shape index (κ1) is 28.0. The van der Waals surface area contributed by atoms with E-state index in [1.807, 2.05) is 12.4 Å². The first-order valence-electron chi connectivity index (χ1n) is 15.1. The molecule has 218 valence electrons. The number of imidazole rings is 1. The molecule has 2 atom stereocenters. The molecule has 3 heterocycles. The van der Waals surface area contributed by atoms with E-state index in [0.717, 1.165) is 80.6 Å². The molecule has 1 N–H and O–H groups in total. The van der Waals surface area contributed by atoms with Crippen molar-refractivity contribution in [3.63, 3.8) is 0 Å². The molecule has 0 amide bonds. The van der Waals surface area contributed by atoms with Gasteiger partial charge in [-0.15, -0.1) is 0 Å². The van der Waals surface area contributed by atoms with Crippen molar-refractivity contribution in [1.82, 2.24) is 14.5 Å². The molecule has 6 rings (SSSR count). The van der Waals surface area contributed by atoms with Gasteiger partial charge in [0.15, 0.2) is 0 Å². The highest BCUT2D eigenvalue weighted by molar-refractivity contribution is 5.60. The maximum absolute atomic E-state index is 14.0. The van der Waals surface area contributed by atoms with Crippen molar-refractivity contribution in [2.24, 2.45) is 16.8 Å². The van der Waals surface area contributed by atoms with Crippen LogP contribution in [0.3, 0.4) is 0 Å². The van der Waals surface area contributed by atoms with Crippen molar-refractivity contribution in [1.29, 1.82) is 0 Å². The molecule has 0 bridgehead atoms.